The van der Waals surface area contributed by atoms with Crippen LogP contribution in [0, 0.1) is 5.82 Å². The molecule has 1 aromatic rings. The van der Waals surface area contributed by atoms with Crippen molar-refractivity contribution in [3.8, 4) is 0 Å². The molecule has 1 fully saturated rings. The summed E-state index contributed by atoms with van der Waals surface area (Å²) in [5.41, 5.74) is 0.141. The SMILES string of the molecule is CC1SCCN(C(=O)c2cc(F)cnc2Cl)C1C. The van der Waals surface area contributed by atoms with Gasteiger partial charge in [-0.05, 0) is 13.0 Å². The van der Waals surface area contributed by atoms with Crippen molar-refractivity contribution < 1.29 is 9.18 Å². The Kier molecular flexibility index (Phi) is 4.12. The minimum Gasteiger partial charge on any atom is -0.334 e. The summed E-state index contributed by atoms with van der Waals surface area (Å²) in [6.07, 6.45) is 1.01. The first kappa shape index (κ1) is 13.6. The molecule has 1 amide bonds. The summed E-state index contributed by atoms with van der Waals surface area (Å²) >= 11 is 7.70. The third-order valence-electron chi connectivity index (χ3n) is 3.18. The normalized spacial score (nSPS) is 24.1. The number of amides is 1. The van der Waals surface area contributed by atoms with Gasteiger partial charge in [0.2, 0.25) is 0 Å². The molecule has 2 rings (SSSR count). The van der Waals surface area contributed by atoms with E-state index < -0.39 is 5.82 Å². The van der Waals surface area contributed by atoms with Gasteiger partial charge in [-0.1, -0.05) is 18.5 Å². The van der Waals surface area contributed by atoms with Crippen LogP contribution in [-0.4, -0.2) is 39.4 Å². The molecular weight excluding hydrogens is 275 g/mol. The van der Waals surface area contributed by atoms with Gasteiger partial charge < -0.3 is 4.90 Å². The number of carbonyl (C=O) groups is 1. The summed E-state index contributed by atoms with van der Waals surface area (Å²) in [6, 6.07) is 1.26. The van der Waals surface area contributed by atoms with Crippen molar-refractivity contribution >= 4 is 29.3 Å². The topological polar surface area (TPSA) is 33.2 Å². The summed E-state index contributed by atoms with van der Waals surface area (Å²) in [5, 5.41) is 0.419. The predicted molar refractivity (Wildman–Crippen MR) is 71.6 cm³/mol. The Bertz CT molecular complexity index is 471. The summed E-state index contributed by atoms with van der Waals surface area (Å²) in [5.74, 6) is 0.0962. The minimum atomic E-state index is -0.546. The predicted octanol–water partition coefficient (Wildman–Crippen LogP) is 2.84. The van der Waals surface area contributed by atoms with Crippen LogP contribution in [0.5, 0.6) is 0 Å². The van der Waals surface area contributed by atoms with E-state index in [1.165, 1.54) is 0 Å². The molecule has 2 atom stereocenters. The minimum absolute atomic E-state index is 0.0551. The number of aromatic nitrogens is 1. The molecule has 0 spiro atoms. The van der Waals surface area contributed by atoms with Gasteiger partial charge >= 0.3 is 0 Å². The number of hydrogen-bond acceptors (Lipinski definition) is 3. The molecule has 18 heavy (non-hydrogen) atoms. The Morgan fingerprint density at radius 2 is 2.33 bits per heavy atom. The number of hydrogen-bond donors (Lipinski definition) is 0. The maximum absolute atomic E-state index is 13.2. The zero-order valence-electron chi connectivity index (χ0n) is 10.2. The van der Waals surface area contributed by atoms with Crippen LogP contribution < -0.4 is 0 Å². The molecule has 0 radical (unpaired) electrons. The van der Waals surface area contributed by atoms with Crippen LogP contribution in [0.15, 0.2) is 12.3 Å². The third-order valence-corrected chi connectivity index (χ3v) is 4.82. The molecule has 1 saturated heterocycles. The first-order valence-electron chi connectivity index (χ1n) is 5.74. The molecule has 0 bridgehead atoms. The summed E-state index contributed by atoms with van der Waals surface area (Å²) in [4.78, 5) is 17.8. The highest BCUT2D eigenvalue weighted by atomic mass is 35.5. The fourth-order valence-electron chi connectivity index (χ4n) is 1.95. The highest BCUT2D eigenvalue weighted by Gasteiger charge is 2.30. The number of thioether (sulfide) groups is 1. The van der Waals surface area contributed by atoms with Crippen LogP contribution in [0.25, 0.3) is 0 Å². The third kappa shape index (κ3) is 2.62. The lowest BCUT2D eigenvalue weighted by atomic mass is 10.1. The highest BCUT2D eigenvalue weighted by Crippen LogP contribution is 2.27. The van der Waals surface area contributed by atoms with Gasteiger partial charge in [0.05, 0.1) is 11.8 Å². The molecule has 0 saturated carbocycles. The molecule has 0 N–H and O–H groups in total. The van der Waals surface area contributed by atoms with Crippen LogP contribution in [0.2, 0.25) is 5.15 Å². The first-order chi connectivity index (χ1) is 8.50. The van der Waals surface area contributed by atoms with Crippen molar-refractivity contribution in [2.75, 3.05) is 12.3 Å². The quantitative estimate of drug-likeness (QED) is 0.745. The standard InChI is InChI=1S/C12H14ClFN2OS/c1-7-8(2)18-4-3-16(7)12(17)10-5-9(14)6-15-11(10)13/h5-8H,3-4H2,1-2H3. The van der Waals surface area contributed by atoms with Gasteiger partial charge in [0, 0.05) is 23.6 Å². The second-order valence-corrected chi connectivity index (χ2v) is 6.15. The lowest BCUT2D eigenvalue weighted by Gasteiger charge is -2.37. The van der Waals surface area contributed by atoms with Crippen molar-refractivity contribution in [3.05, 3.63) is 28.8 Å². The average molecular weight is 289 g/mol. The van der Waals surface area contributed by atoms with Crippen LogP contribution >= 0.6 is 23.4 Å². The average Bonchev–Trinajstić information content (AvgIpc) is 2.35. The Balaban J connectivity index is 2.27. The number of halogens is 2. The van der Waals surface area contributed by atoms with Crippen LogP contribution in [0.4, 0.5) is 4.39 Å². The molecule has 0 aliphatic carbocycles. The Hall–Kier alpha value is -0.810. The van der Waals surface area contributed by atoms with Gasteiger partial charge in [-0.2, -0.15) is 11.8 Å². The molecule has 98 valence electrons. The monoisotopic (exact) mass is 288 g/mol. The van der Waals surface area contributed by atoms with Crippen LogP contribution in [-0.2, 0) is 0 Å². The largest absolute Gasteiger partial charge is 0.334 e. The molecule has 2 heterocycles. The van der Waals surface area contributed by atoms with Crippen LogP contribution in [0.3, 0.4) is 0 Å². The molecule has 6 heteroatoms. The lowest BCUT2D eigenvalue weighted by molar-refractivity contribution is 0.0697. The van der Waals surface area contributed by atoms with E-state index in [9.17, 15) is 9.18 Å². The second-order valence-electron chi connectivity index (χ2n) is 4.31. The zero-order valence-corrected chi connectivity index (χ0v) is 11.8. The Morgan fingerprint density at radius 3 is 3.06 bits per heavy atom. The van der Waals surface area contributed by atoms with Crippen molar-refractivity contribution in [3.63, 3.8) is 0 Å². The molecule has 0 aromatic carbocycles. The van der Waals surface area contributed by atoms with Crippen molar-refractivity contribution in [2.45, 2.75) is 25.1 Å². The number of pyridine rings is 1. The van der Waals surface area contributed by atoms with E-state index in [1.807, 2.05) is 18.7 Å². The second kappa shape index (κ2) is 5.45. The van der Waals surface area contributed by atoms with Gasteiger partial charge in [-0.3, -0.25) is 4.79 Å². The van der Waals surface area contributed by atoms with Crippen molar-refractivity contribution in [2.24, 2.45) is 0 Å². The zero-order chi connectivity index (χ0) is 13.3. The van der Waals surface area contributed by atoms with Gasteiger partial charge in [-0.25, -0.2) is 9.37 Å². The van der Waals surface area contributed by atoms with E-state index in [4.69, 9.17) is 11.6 Å². The van der Waals surface area contributed by atoms with E-state index in [2.05, 4.69) is 11.9 Å². The summed E-state index contributed by atoms with van der Waals surface area (Å²) in [7, 11) is 0. The van der Waals surface area contributed by atoms with E-state index >= 15 is 0 Å². The van der Waals surface area contributed by atoms with Gasteiger partial charge in [0.15, 0.2) is 0 Å². The number of nitrogens with zero attached hydrogens (tertiary/aromatic N) is 2. The van der Waals surface area contributed by atoms with E-state index in [1.54, 1.807) is 4.90 Å². The van der Waals surface area contributed by atoms with Crippen LogP contribution in [0.1, 0.15) is 24.2 Å². The smallest absolute Gasteiger partial charge is 0.257 e. The van der Waals surface area contributed by atoms with E-state index in [0.29, 0.717) is 11.8 Å². The molecule has 1 aromatic heterocycles. The van der Waals surface area contributed by atoms with E-state index in [-0.39, 0.29) is 22.7 Å². The van der Waals surface area contributed by atoms with E-state index in [0.717, 1.165) is 18.0 Å². The molecule has 1 aliphatic rings. The molecule has 3 nitrogen and oxygen atoms in total. The molecule has 1 aliphatic heterocycles. The summed E-state index contributed by atoms with van der Waals surface area (Å²) in [6.45, 7) is 4.73. The molecule has 2 unspecified atom stereocenters. The fourth-order valence-corrected chi connectivity index (χ4v) is 3.23. The lowest BCUT2D eigenvalue weighted by Crippen LogP contribution is -2.48. The first-order valence-corrected chi connectivity index (χ1v) is 7.17. The van der Waals surface area contributed by atoms with Crippen molar-refractivity contribution in [1.82, 2.24) is 9.88 Å². The summed E-state index contributed by atoms with van der Waals surface area (Å²) < 4.78 is 13.2. The maximum Gasteiger partial charge on any atom is 0.257 e. The van der Waals surface area contributed by atoms with Crippen molar-refractivity contribution in [1.29, 1.82) is 0 Å². The Labute approximate surface area is 115 Å². The number of rotatable bonds is 1. The van der Waals surface area contributed by atoms with Gasteiger partial charge in [0.25, 0.3) is 5.91 Å². The Morgan fingerprint density at radius 1 is 1.61 bits per heavy atom. The maximum atomic E-state index is 13.2. The highest BCUT2D eigenvalue weighted by molar-refractivity contribution is 8.00. The number of carbonyl (C=O) groups excluding carboxylic acids is 1. The molecular formula is C12H14ClFN2OS. The van der Waals surface area contributed by atoms with Gasteiger partial charge in [-0.15, -0.1) is 0 Å². The van der Waals surface area contributed by atoms with Gasteiger partial charge in [0.1, 0.15) is 11.0 Å². The fraction of sp³-hybridized carbons (Fsp3) is 0.500.